The third kappa shape index (κ3) is 8.31. The summed E-state index contributed by atoms with van der Waals surface area (Å²) in [5.41, 5.74) is 5.16. The number of rotatable bonds is 6. The molecule has 0 atom stereocenters. The summed E-state index contributed by atoms with van der Waals surface area (Å²) >= 11 is 0. The van der Waals surface area contributed by atoms with Crippen molar-refractivity contribution in [3.8, 4) is 0 Å². The van der Waals surface area contributed by atoms with Gasteiger partial charge in [0.25, 0.3) is 0 Å². The van der Waals surface area contributed by atoms with Crippen LogP contribution in [0, 0.1) is 0 Å². The van der Waals surface area contributed by atoms with Gasteiger partial charge < -0.3 is 20.6 Å². The van der Waals surface area contributed by atoms with E-state index in [0.29, 0.717) is 0 Å². The van der Waals surface area contributed by atoms with Crippen molar-refractivity contribution in [1.82, 2.24) is 4.90 Å². The van der Waals surface area contributed by atoms with Crippen molar-refractivity contribution in [2.24, 2.45) is 10.9 Å². The molecule has 0 rings (SSSR count). The number of nitrogens with zero attached hydrogens (tertiary/aromatic N) is 2. The van der Waals surface area contributed by atoms with Crippen LogP contribution in [0.25, 0.3) is 0 Å². The molecule has 0 spiro atoms. The van der Waals surface area contributed by atoms with E-state index in [1.165, 1.54) is 7.05 Å². The predicted octanol–water partition coefficient (Wildman–Crippen LogP) is 0.160. The van der Waals surface area contributed by atoms with Gasteiger partial charge in [0.1, 0.15) is 19.0 Å². The molecule has 3 N–H and O–H groups in total. The van der Waals surface area contributed by atoms with Gasteiger partial charge in [0.15, 0.2) is 0 Å². The Hall–Kier alpha value is -1.51. The first-order chi connectivity index (χ1) is 7.76. The summed E-state index contributed by atoms with van der Waals surface area (Å²) < 4.78 is 39.3. The Balaban J connectivity index is 3.83. The molecule has 100 valence electrons. The number of halogens is 3. The summed E-state index contributed by atoms with van der Waals surface area (Å²) in [6.45, 7) is -2.00. The van der Waals surface area contributed by atoms with Crippen molar-refractivity contribution < 1.29 is 27.9 Å². The topological polar surface area (TPSA) is 88.1 Å². The highest BCUT2D eigenvalue weighted by molar-refractivity contribution is 5.81. The van der Waals surface area contributed by atoms with Crippen LogP contribution >= 0.6 is 0 Å². The Morgan fingerprint density at radius 3 is 2.59 bits per heavy atom. The lowest BCUT2D eigenvalue weighted by atomic mass is 10.3. The number of hydrogen-bond acceptors (Lipinski definition) is 4. The van der Waals surface area contributed by atoms with E-state index in [9.17, 15) is 18.0 Å². The van der Waals surface area contributed by atoms with E-state index in [0.717, 1.165) is 4.90 Å². The molecule has 0 aliphatic heterocycles. The van der Waals surface area contributed by atoms with Crippen LogP contribution in [0.4, 0.5) is 13.2 Å². The monoisotopic (exact) mass is 257 g/mol. The summed E-state index contributed by atoms with van der Waals surface area (Å²) in [4.78, 5) is 12.4. The van der Waals surface area contributed by atoms with Gasteiger partial charge in [0.05, 0.1) is 0 Å². The first kappa shape index (κ1) is 15.5. The van der Waals surface area contributed by atoms with Crippen LogP contribution in [0.15, 0.2) is 5.16 Å². The average Bonchev–Trinajstić information content (AvgIpc) is 2.23. The lowest BCUT2D eigenvalue weighted by Gasteiger charge is -2.16. The zero-order valence-electron chi connectivity index (χ0n) is 9.20. The first-order valence-corrected chi connectivity index (χ1v) is 4.61. The number of hydrogen-bond donors (Lipinski definition) is 2. The van der Waals surface area contributed by atoms with E-state index in [2.05, 4.69) is 9.89 Å². The van der Waals surface area contributed by atoms with Gasteiger partial charge in [-0.05, 0) is 0 Å². The lowest BCUT2D eigenvalue weighted by molar-refractivity contribution is -0.177. The minimum absolute atomic E-state index is 0.0686. The Labute approximate surface area is 95.8 Å². The molecule has 0 aliphatic carbocycles. The van der Waals surface area contributed by atoms with E-state index in [1.807, 2.05) is 0 Å². The molecule has 0 aromatic rings. The van der Waals surface area contributed by atoms with E-state index >= 15 is 0 Å². The van der Waals surface area contributed by atoms with E-state index in [-0.39, 0.29) is 18.8 Å². The molecule has 0 radical (unpaired) electrons. The molecule has 1 amide bonds. The minimum atomic E-state index is -4.45. The van der Waals surface area contributed by atoms with Gasteiger partial charge in [-0.1, -0.05) is 5.16 Å². The summed E-state index contributed by atoms with van der Waals surface area (Å²) in [6, 6.07) is 0. The highest BCUT2D eigenvalue weighted by Crippen LogP contribution is 2.14. The largest absolute Gasteiger partial charge is 0.411 e. The molecule has 0 fully saturated rings. The second kappa shape index (κ2) is 6.94. The minimum Gasteiger partial charge on any atom is -0.409 e. The van der Waals surface area contributed by atoms with Crippen LogP contribution in [0.1, 0.15) is 6.42 Å². The van der Waals surface area contributed by atoms with Gasteiger partial charge in [-0.15, -0.1) is 0 Å². The fourth-order valence-electron chi connectivity index (χ4n) is 0.821. The number of carbonyl (C=O) groups is 1. The summed E-state index contributed by atoms with van der Waals surface area (Å²) in [5.74, 6) is -0.680. The molecule has 6 nitrogen and oxygen atoms in total. The van der Waals surface area contributed by atoms with Gasteiger partial charge in [0.2, 0.25) is 5.91 Å². The highest BCUT2D eigenvalue weighted by atomic mass is 19.4. The zero-order valence-corrected chi connectivity index (χ0v) is 9.20. The Bertz CT molecular complexity index is 281. The van der Waals surface area contributed by atoms with Crippen LogP contribution < -0.4 is 5.73 Å². The van der Waals surface area contributed by atoms with Crippen molar-refractivity contribution in [1.29, 1.82) is 0 Å². The molecular formula is C8H14F3N3O3. The van der Waals surface area contributed by atoms with Gasteiger partial charge in [-0.25, -0.2) is 0 Å². The summed E-state index contributed by atoms with van der Waals surface area (Å²) in [5, 5.41) is 10.9. The molecule has 9 heteroatoms. The summed E-state index contributed by atoms with van der Waals surface area (Å²) in [6.07, 6.45) is -4.33. The third-order valence-electron chi connectivity index (χ3n) is 1.75. The number of amidine groups is 1. The van der Waals surface area contributed by atoms with Crippen molar-refractivity contribution >= 4 is 11.7 Å². The maximum absolute atomic E-state index is 11.7. The van der Waals surface area contributed by atoms with Crippen molar-refractivity contribution in [3.05, 3.63) is 0 Å². The van der Waals surface area contributed by atoms with Crippen molar-refractivity contribution in [2.45, 2.75) is 12.6 Å². The van der Waals surface area contributed by atoms with E-state index in [1.54, 1.807) is 0 Å². The second-order valence-electron chi connectivity index (χ2n) is 3.26. The van der Waals surface area contributed by atoms with Crippen LogP contribution in [-0.2, 0) is 9.53 Å². The van der Waals surface area contributed by atoms with E-state index in [4.69, 9.17) is 10.9 Å². The number of likely N-dealkylation sites (N-methyl/N-ethyl adjacent to an activating group) is 1. The molecule has 0 heterocycles. The Morgan fingerprint density at radius 1 is 1.53 bits per heavy atom. The molecule has 0 unspecified atom stereocenters. The number of carbonyl (C=O) groups excluding carboxylic acids is 1. The van der Waals surface area contributed by atoms with Crippen LogP contribution in [0.5, 0.6) is 0 Å². The van der Waals surface area contributed by atoms with Gasteiger partial charge in [-0.2, -0.15) is 13.2 Å². The molecule has 17 heavy (non-hydrogen) atoms. The van der Waals surface area contributed by atoms with Crippen LogP contribution in [0.3, 0.4) is 0 Å². The predicted molar refractivity (Wildman–Crippen MR) is 52.5 cm³/mol. The van der Waals surface area contributed by atoms with Crippen molar-refractivity contribution in [3.63, 3.8) is 0 Å². The SMILES string of the molecule is CN(CCC(N)=NO)C(=O)COCC(F)(F)F. The van der Waals surface area contributed by atoms with E-state index < -0.39 is 25.3 Å². The maximum Gasteiger partial charge on any atom is 0.411 e. The van der Waals surface area contributed by atoms with Crippen LogP contribution in [-0.4, -0.2) is 54.8 Å². The second-order valence-corrected chi connectivity index (χ2v) is 3.26. The molecule has 0 bridgehead atoms. The fourth-order valence-corrected chi connectivity index (χ4v) is 0.821. The van der Waals surface area contributed by atoms with Crippen molar-refractivity contribution in [2.75, 3.05) is 26.8 Å². The molecule has 0 saturated heterocycles. The summed E-state index contributed by atoms with van der Waals surface area (Å²) in [7, 11) is 1.38. The molecule has 0 saturated carbocycles. The number of oxime groups is 1. The molecular weight excluding hydrogens is 243 g/mol. The standard InChI is InChI=1S/C8H14F3N3O3/c1-14(3-2-6(12)13-16)7(15)4-17-5-8(9,10)11/h16H,2-5H2,1H3,(H2,12,13). The van der Waals surface area contributed by atoms with Gasteiger partial charge >= 0.3 is 6.18 Å². The highest BCUT2D eigenvalue weighted by Gasteiger charge is 2.28. The fraction of sp³-hybridized carbons (Fsp3) is 0.750. The number of alkyl halides is 3. The molecule has 0 aromatic heterocycles. The zero-order chi connectivity index (χ0) is 13.5. The Kier molecular flexibility index (Phi) is 6.33. The normalized spacial score (nSPS) is 12.6. The number of amides is 1. The third-order valence-corrected chi connectivity index (χ3v) is 1.75. The van der Waals surface area contributed by atoms with Gasteiger partial charge in [-0.3, -0.25) is 4.79 Å². The molecule has 0 aliphatic rings. The molecule has 0 aromatic carbocycles. The Morgan fingerprint density at radius 2 is 2.12 bits per heavy atom. The lowest BCUT2D eigenvalue weighted by Crippen LogP contribution is -2.34. The first-order valence-electron chi connectivity index (χ1n) is 4.61. The number of nitrogens with two attached hydrogens (primary N) is 1. The average molecular weight is 257 g/mol. The maximum atomic E-state index is 11.7. The van der Waals surface area contributed by atoms with Gasteiger partial charge in [0, 0.05) is 20.0 Å². The smallest absolute Gasteiger partial charge is 0.409 e. The number of ether oxygens (including phenoxy) is 1. The quantitative estimate of drug-likeness (QED) is 0.307. The van der Waals surface area contributed by atoms with Crippen LogP contribution in [0.2, 0.25) is 0 Å².